The van der Waals surface area contributed by atoms with Crippen LogP contribution in [0, 0.1) is 0 Å². The SMILES string of the molecule is CC(C)[Si](Sc1ccc(NC(=O)C(C)(O)C(F)(F)F)c(Cl)c1)(C(C)C)C(C)C. The number of carbonyl (C=O) groups is 1. The van der Waals surface area contributed by atoms with Crippen molar-refractivity contribution in [1.82, 2.24) is 0 Å². The zero-order valence-electron chi connectivity index (χ0n) is 17.2. The lowest BCUT2D eigenvalue weighted by Gasteiger charge is -2.42. The van der Waals surface area contributed by atoms with Crippen molar-refractivity contribution in [3.05, 3.63) is 23.2 Å². The van der Waals surface area contributed by atoms with Gasteiger partial charge in [0.05, 0.1) is 10.7 Å². The van der Waals surface area contributed by atoms with Crippen molar-refractivity contribution >= 4 is 41.6 Å². The van der Waals surface area contributed by atoms with E-state index in [1.165, 1.54) is 6.07 Å². The molecule has 1 aromatic carbocycles. The number of amides is 1. The smallest absolute Gasteiger partial charge is 0.373 e. The summed E-state index contributed by atoms with van der Waals surface area (Å²) in [5, 5.41) is 11.7. The molecule has 0 spiro atoms. The van der Waals surface area contributed by atoms with E-state index in [1.54, 1.807) is 12.1 Å². The highest BCUT2D eigenvalue weighted by atomic mass is 35.5. The van der Waals surface area contributed by atoms with Crippen LogP contribution in [0.3, 0.4) is 0 Å². The van der Waals surface area contributed by atoms with Crippen molar-refractivity contribution in [3.63, 3.8) is 0 Å². The molecule has 0 fully saturated rings. The third kappa shape index (κ3) is 5.07. The Labute approximate surface area is 175 Å². The molecule has 1 amide bonds. The van der Waals surface area contributed by atoms with Crippen molar-refractivity contribution < 1.29 is 23.1 Å². The maximum Gasteiger partial charge on any atom is 0.426 e. The van der Waals surface area contributed by atoms with Crippen LogP contribution >= 0.6 is 22.8 Å². The molecule has 1 aromatic rings. The average Bonchev–Trinajstić information content (AvgIpc) is 2.52. The number of halogens is 4. The standard InChI is InChI=1S/C19H29ClF3NO2SSi/c1-11(2)28(12(3)4,13(5)6)27-14-8-9-16(15(20)10-14)24-17(25)18(7,26)19(21,22)23/h8-13,26H,1-7H3,(H,24,25). The molecule has 160 valence electrons. The molecule has 0 radical (unpaired) electrons. The van der Waals surface area contributed by atoms with Crippen LogP contribution in [0.2, 0.25) is 21.6 Å². The summed E-state index contributed by atoms with van der Waals surface area (Å²) < 4.78 is 38.5. The van der Waals surface area contributed by atoms with Gasteiger partial charge in [0, 0.05) is 4.90 Å². The molecule has 9 heteroatoms. The van der Waals surface area contributed by atoms with Crippen LogP contribution in [0.1, 0.15) is 48.5 Å². The topological polar surface area (TPSA) is 49.3 Å². The van der Waals surface area contributed by atoms with Gasteiger partial charge in [0.15, 0.2) is 0 Å². The summed E-state index contributed by atoms with van der Waals surface area (Å²) in [5.74, 6) is -1.57. The fourth-order valence-electron chi connectivity index (χ4n) is 3.59. The predicted molar refractivity (Wildman–Crippen MR) is 114 cm³/mol. The highest BCUT2D eigenvalue weighted by Crippen LogP contribution is 2.52. The molecule has 0 aliphatic rings. The number of carbonyl (C=O) groups excluding carboxylic acids is 1. The fourth-order valence-corrected chi connectivity index (χ4v) is 13.0. The number of alkyl halides is 3. The Morgan fingerprint density at radius 2 is 1.57 bits per heavy atom. The van der Waals surface area contributed by atoms with E-state index in [1.807, 2.05) is 11.2 Å². The Balaban J connectivity index is 3.15. The van der Waals surface area contributed by atoms with Crippen molar-refractivity contribution in [2.75, 3.05) is 5.32 Å². The number of benzene rings is 1. The maximum absolute atomic E-state index is 12.8. The minimum atomic E-state index is -5.09. The fraction of sp³-hybridized carbons (Fsp3) is 0.632. The van der Waals surface area contributed by atoms with Gasteiger partial charge in [-0.15, -0.1) is 0 Å². The lowest BCUT2D eigenvalue weighted by atomic mass is 10.1. The van der Waals surface area contributed by atoms with Crippen LogP contribution in [0.15, 0.2) is 23.1 Å². The molecular weight excluding hydrogens is 427 g/mol. The first kappa shape index (κ1) is 25.3. The van der Waals surface area contributed by atoms with Crippen LogP contribution in [-0.2, 0) is 4.79 Å². The summed E-state index contributed by atoms with van der Waals surface area (Å²) in [7, 11) is -1.81. The molecule has 0 saturated heterocycles. The van der Waals surface area contributed by atoms with Gasteiger partial charge >= 0.3 is 6.18 Å². The summed E-state index contributed by atoms with van der Waals surface area (Å²) in [6.07, 6.45) is -5.09. The van der Waals surface area contributed by atoms with Crippen LogP contribution in [0.5, 0.6) is 0 Å². The molecule has 1 unspecified atom stereocenters. The maximum atomic E-state index is 12.8. The molecular formula is C19H29ClF3NO2SSi. The van der Waals surface area contributed by atoms with E-state index in [-0.39, 0.29) is 10.7 Å². The number of hydrogen-bond donors (Lipinski definition) is 2. The van der Waals surface area contributed by atoms with Crippen LogP contribution in [0.25, 0.3) is 0 Å². The predicted octanol–water partition coefficient (Wildman–Crippen LogP) is 6.86. The molecule has 0 aromatic heterocycles. The molecule has 0 bridgehead atoms. The Hall–Kier alpha value is -0.703. The Kier molecular flexibility index (Phi) is 8.12. The van der Waals surface area contributed by atoms with Crippen LogP contribution < -0.4 is 5.32 Å². The quantitative estimate of drug-likeness (QED) is 0.441. The number of anilines is 1. The summed E-state index contributed by atoms with van der Waals surface area (Å²) in [6, 6.07) is 4.90. The first-order chi connectivity index (χ1) is 12.6. The van der Waals surface area contributed by atoms with Gasteiger partial charge < -0.3 is 10.4 Å². The normalized spacial score (nSPS) is 15.2. The molecule has 3 nitrogen and oxygen atoms in total. The van der Waals surface area contributed by atoms with Crippen molar-refractivity contribution in [3.8, 4) is 0 Å². The van der Waals surface area contributed by atoms with Gasteiger partial charge in [0.25, 0.3) is 5.91 Å². The summed E-state index contributed by atoms with van der Waals surface area (Å²) in [5.41, 5.74) is -1.93. The van der Waals surface area contributed by atoms with E-state index in [9.17, 15) is 23.1 Å². The molecule has 0 aliphatic heterocycles. The largest absolute Gasteiger partial charge is 0.426 e. The molecule has 1 rings (SSSR count). The zero-order valence-corrected chi connectivity index (χ0v) is 19.8. The second kappa shape index (κ2) is 8.98. The van der Waals surface area contributed by atoms with Gasteiger partial charge in [-0.2, -0.15) is 24.4 Å². The second-order valence-electron chi connectivity index (χ2n) is 8.09. The zero-order chi connectivity index (χ0) is 22.1. The minimum absolute atomic E-state index is 0.0337. The van der Waals surface area contributed by atoms with Gasteiger partial charge in [-0.25, -0.2) is 0 Å². The lowest BCUT2D eigenvalue weighted by molar-refractivity contribution is -0.242. The van der Waals surface area contributed by atoms with E-state index in [2.05, 4.69) is 46.9 Å². The van der Waals surface area contributed by atoms with E-state index in [0.717, 1.165) is 4.90 Å². The monoisotopic (exact) mass is 455 g/mol. The number of hydrogen-bond acceptors (Lipinski definition) is 3. The third-order valence-corrected chi connectivity index (χ3v) is 17.8. The van der Waals surface area contributed by atoms with Gasteiger partial charge in [-0.05, 0) is 41.7 Å². The molecule has 0 aliphatic carbocycles. The van der Waals surface area contributed by atoms with Gasteiger partial charge in [0.2, 0.25) is 5.60 Å². The molecule has 0 heterocycles. The Bertz CT molecular complexity index is 687. The van der Waals surface area contributed by atoms with Crippen molar-refractivity contribution in [2.24, 2.45) is 0 Å². The van der Waals surface area contributed by atoms with E-state index >= 15 is 0 Å². The van der Waals surface area contributed by atoms with Gasteiger partial charge in [-0.1, -0.05) is 53.1 Å². The Morgan fingerprint density at radius 3 is 1.93 bits per heavy atom. The lowest BCUT2D eigenvalue weighted by Crippen LogP contribution is -2.52. The molecule has 0 saturated carbocycles. The minimum Gasteiger partial charge on any atom is -0.373 e. The summed E-state index contributed by atoms with van der Waals surface area (Å²) >= 11 is 8.05. The van der Waals surface area contributed by atoms with Gasteiger partial charge in [0.1, 0.15) is 7.22 Å². The number of nitrogens with one attached hydrogen (secondary N) is 1. The number of rotatable bonds is 7. The van der Waals surface area contributed by atoms with E-state index in [0.29, 0.717) is 23.5 Å². The Morgan fingerprint density at radius 1 is 1.11 bits per heavy atom. The van der Waals surface area contributed by atoms with Crippen LogP contribution in [-0.4, -0.2) is 30.0 Å². The highest BCUT2D eigenvalue weighted by Gasteiger charge is 2.55. The van der Waals surface area contributed by atoms with Crippen molar-refractivity contribution in [1.29, 1.82) is 0 Å². The molecule has 28 heavy (non-hydrogen) atoms. The number of aliphatic hydroxyl groups is 1. The van der Waals surface area contributed by atoms with E-state index < -0.39 is 24.9 Å². The average molecular weight is 456 g/mol. The summed E-state index contributed by atoms with van der Waals surface area (Å²) in [6.45, 7) is 13.8. The summed E-state index contributed by atoms with van der Waals surface area (Å²) in [4.78, 5) is 12.8. The van der Waals surface area contributed by atoms with E-state index in [4.69, 9.17) is 11.6 Å². The molecule has 1 atom stereocenters. The van der Waals surface area contributed by atoms with Gasteiger partial charge in [-0.3, -0.25) is 4.79 Å². The third-order valence-electron chi connectivity index (χ3n) is 5.18. The first-order valence-electron chi connectivity index (χ1n) is 9.16. The van der Waals surface area contributed by atoms with Crippen LogP contribution in [0.4, 0.5) is 18.9 Å². The first-order valence-corrected chi connectivity index (χ1v) is 13.3. The highest BCUT2D eigenvalue weighted by molar-refractivity contribution is 8.29. The van der Waals surface area contributed by atoms with Crippen molar-refractivity contribution in [2.45, 2.75) is 81.8 Å². The second-order valence-corrected chi connectivity index (χ2v) is 17.1. The molecule has 2 N–H and O–H groups in total.